The number of methoxy groups -OCH3 is 1. The molecule has 1 saturated heterocycles. The number of piperazine rings is 1. The molecule has 2 bridgehead atoms. The van der Waals surface area contributed by atoms with Crippen LogP contribution in [0.3, 0.4) is 0 Å². The van der Waals surface area contributed by atoms with E-state index in [1.807, 2.05) is 25.1 Å². The van der Waals surface area contributed by atoms with E-state index >= 15 is 0 Å². The van der Waals surface area contributed by atoms with Crippen molar-refractivity contribution < 1.29 is 27.5 Å². The van der Waals surface area contributed by atoms with E-state index in [0.29, 0.717) is 42.4 Å². The average Bonchev–Trinajstić information content (AvgIpc) is 3.29. The summed E-state index contributed by atoms with van der Waals surface area (Å²) >= 11 is 6.40. The number of anilines is 1. The molecule has 1 saturated carbocycles. The van der Waals surface area contributed by atoms with E-state index in [0.717, 1.165) is 57.2 Å². The Hall–Kier alpha value is -2.96. The van der Waals surface area contributed by atoms with E-state index in [9.17, 15) is 18.0 Å². The van der Waals surface area contributed by atoms with Crippen molar-refractivity contribution in [1.82, 2.24) is 14.9 Å². The molecule has 1 spiro atoms. The number of aldehydes is 1. The number of aryl methyl sites for hydroxylation is 1. The number of nitrogens with zero attached hydrogens (tertiary/aromatic N) is 2. The van der Waals surface area contributed by atoms with Gasteiger partial charge in [0.2, 0.25) is 10.0 Å². The van der Waals surface area contributed by atoms with Gasteiger partial charge in [-0.25, -0.2) is 13.1 Å². The number of amides is 1. The maximum atomic E-state index is 13.4. The number of hydrogen-bond donors (Lipinski definition) is 2. The molecule has 7 rings (SSSR count). The summed E-state index contributed by atoms with van der Waals surface area (Å²) in [7, 11) is -2.41. The number of sulfonamides is 1. The molecule has 0 aromatic heterocycles. The predicted molar refractivity (Wildman–Crippen MR) is 220 cm³/mol. The van der Waals surface area contributed by atoms with Crippen LogP contribution in [0.4, 0.5) is 5.69 Å². The Balaban J connectivity index is 0.000000403. The summed E-state index contributed by atoms with van der Waals surface area (Å²) in [4.78, 5) is 30.9. The Morgan fingerprint density at radius 3 is 2.62 bits per heavy atom. The first-order valence-corrected chi connectivity index (χ1v) is 22.1. The molecule has 302 valence electrons. The monoisotopic (exact) mass is 796 g/mol. The van der Waals surface area contributed by atoms with Gasteiger partial charge in [0.15, 0.2) is 6.29 Å². The Bertz CT molecular complexity index is 1850. The van der Waals surface area contributed by atoms with Crippen molar-refractivity contribution in [3.63, 3.8) is 0 Å². The van der Waals surface area contributed by atoms with Gasteiger partial charge >= 0.3 is 0 Å². The van der Waals surface area contributed by atoms with Gasteiger partial charge in [0.25, 0.3) is 5.91 Å². The van der Waals surface area contributed by atoms with Crippen LogP contribution in [0.1, 0.15) is 94.6 Å². The Labute approximate surface area is 333 Å². The molecule has 5 aliphatic rings. The number of allylic oxidation sites excluding steroid dienone is 1. The van der Waals surface area contributed by atoms with Crippen molar-refractivity contribution in [2.24, 2.45) is 17.8 Å². The number of hydrogen-bond acceptors (Lipinski definition) is 9. The molecule has 3 heterocycles. The number of rotatable bonds is 4. The number of nitrogens with one attached hydrogen (secondary N) is 2. The third-order valence-electron chi connectivity index (χ3n) is 13.2. The van der Waals surface area contributed by atoms with Gasteiger partial charge in [0, 0.05) is 67.3 Å². The zero-order chi connectivity index (χ0) is 39.6. The van der Waals surface area contributed by atoms with E-state index < -0.39 is 26.8 Å². The van der Waals surface area contributed by atoms with E-state index in [4.69, 9.17) is 21.1 Å². The minimum atomic E-state index is -3.97. The summed E-state index contributed by atoms with van der Waals surface area (Å²) in [6, 6.07) is 11.3. The molecule has 2 aromatic rings. The van der Waals surface area contributed by atoms with Gasteiger partial charge < -0.3 is 19.7 Å². The van der Waals surface area contributed by atoms with Crippen molar-refractivity contribution in [3.8, 4) is 5.75 Å². The third-order valence-corrected chi connectivity index (χ3v) is 15.3. The molecule has 2 N–H and O–H groups in total. The van der Waals surface area contributed by atoms with Crippen LogP contribution >= 0.6 is 11.6 Å². The predicted octanol–water partition coefficient (Wildman–Crippen LogP) is 6.55. The first kappa shape index (κ1) is 41.7. The molecule has 55 heavy (non-hydrogen) atoms. The highest BCUT2D eigenvalue weighted by molar-refractivity contribution is 7.90. The lowest BCUT2D eigenvalue weighted by Gasteiger charge is -2.48. The topological polar surface area (TPSA) is 117 Å². The molecular formula is C43H61ClN4O6S. The summed E-state index contributed by atoms with van der Waals surface area (Å²) in [5.41, 5.74) is 2.42. The summed E-state index contributed by atoms with van der Waals surface area (Å²) < 4.78 is 41.3. The molecule has 10 nitrogen and oxygen atoms in total. The van der Waals surface area contributed by atoms with E-state index in [1.54, 1.807) is 32.2 Å². The highest BCUT2D eigenvalue weighted by Crippen LogP contribution is 2.48. The summed E-state index contributed by atoms with van der Waals surface area (Å²) in [6.07, 6.45) is 10.9. The van der Waals surface area contributed by atoms with E-state index in [-0.39, 0.29) is 28.7 Å². The van der Waals surface area contributed by atoms with Crippen LogP contribution in [-0.2, 0) is 31.4 Å². The Morgan fingerprint density at radius 2 is 1.93 bits per heavy atom. The number of carbonyl (C=O) groups is 2. The van der Waals surface area contributed by atoms with Crippen LogP contribution < -0.4 is 19.7 Å². The Morgan fingerprint density at radius 1 is 1.13 bits per heavy atom. The van der Waals surface area contributed by atoms with Crippen LogP contribution in [0, 0.1) is 17.8 Å². The summed E-state index contributed by atoms with van der Waals surface area (Å²) in [5, 5.41) is 3.30. The largest absolute Gasteiger partial charge is 0.490 e. The molecular weight excluding hydrogens is 736 g/mol. The average molecular weight is 798 g/mol. The number of ether oxygens (including phenoxy) is 2. The fourth-order valence-electron chi connectivity index (χ4n) is 9.39. The molecule has 3 aliphatic heterocycles. The molecule has 2 fully saturated rings. The van der Waals surface area contributed by atoms with Crippen LogP contribution in [0.15, 0.2) is 48.6 Å². The fraction of sp³-hybridized carbons (Fsp3) is 0.628. The number of benzene rings is 2. The van der Waals surface area contributed by atoms with Crippen molar-refractivity contribution >= 4 is 39.5 Å². The second kappa shape index (κ2) is 16.9. The first-order chi connectivity index (χ1) is 26.2. The van der Waals surface area contributed by atoms with Crippen molar-refractivity contribution in [2.75, 3.05) is 57.9 Å². The lowest BCUT2D eigenvalue weighted by molar-refractivity contribution is -0.135. The third kappa shape index (κ3) is 8.66. The van der Waals surface area contributed by atoms with Crippen LogP contribution in [0.5, 0.6) is 5.75 Å². The fourth-order valence-corrected chi connectivity index (χ4v) is 10.9. The quantitative estimate of drug-likeness (QED) is 0.263. The van der Waals surface area contributed by atoms with Gasteiger partial charge in [-0.2, -0.15) is 0 Å². The van der Waals surface area contributed by atoms with Crippen molar-refractivity contribution in [3.05, 3.63) is 70.3 Å². The van der Waals surface area contributed by atoms with E-state index in [1.165, 1.54) is 30.6 Å². The minimum absolute atomic E-state index is 0.0434. The van der Waals surface area contributed by atoms with Gasteiger partial charge in [0.05, 0.1) is 17.5 Å². The molecule has 1 amide bonds. The number of fused-ring (bicyclic) bond motifs is 4. The van der Waals surface area contributed by atoms with E-state index in [2.05, 4.69) is 52.7 Å². The van der Waals surface area contributed by atoms with Crippen LogP contribution in [-0.4, -0.2) is 94.9 Å². The SMILES string of the molecule is CCCN1CCNCC1(C)C.CO[C@@]1(C=O)/C=C/C[C@H](C)[C@@H](C)S(=O)(=O)NC(=O)c2ccc3c(c2)N(C[C@@H]2CC[C@H]21)C[C@@]1(CCCc2cc(Cl)ccc21)CO3. The molecule has 12 heteroatoms. The minimum Gasteiger partial charge on any atom is -0.490 e. The normalized spacial score (nSPS) is 32.2. The van der Waals surface area contributed by atoms with Gasteiger partial charge in [-0.15, -0.1) is 0 Å². The van der Waals surface area contributed by atoms with Gasteiger partial charge in [0.1, 0.15) is 11.4 Å². The van der Waals surface area contributed by atoms with Crippen molar-refractivity contribution in [2.45, 2.75) is 101 Å². The molecule has 6 atom stereocenters. The Kier molecular flexibility index (Phi) is 12.8. The lowest BCUT2D eigenvalue weighted by Crippen LogP contribution is -2.57. The molecule has 2 aromatic carbocycles. The van der Waals surface area contributed by atoms with Gasteiger partial charge in [-0.05, 0) is 132 Å². The maximum absolute atomic E-state index is 13.4. The highest BCUT2D eigenvalue weighted by atomic mass is 35.5. The standard InChI is InChI=1S/C34H41ClN2O6S.C9H20N2/c1-22-6-4-15-34(20-38,42-3)29-11-8-26(29)18-37-19-33(14-5-7-24-16-27(35)10-12-28(24)33)21-43-31-13-9-25(17-30(31)37)32(39)36-44(40,41)23(22)2;1-4-6-11-7-5-10-8-9(11,2)3/h4,9-10,12-13,15-17,20,22-23,26,29H,5-8,11,14,18-19,21H2,1-3H3,(H,36,39);10H,4-8H2,1-3H3/b15-4+;/t22-,23+,26-,29+,33-,34+;/m0./s1. The van der Waals surface area contributed by atoms with Gasteiger partial charge in [-0.1, -0.05) is 37.6 Å². The number of carbonyl (C=O) groups excluding carboxylic acids is 2. The van der Waals surface area contributed by atoms with Crippen LogP contribution in [0.2, 0.25) is 5.02 Å². The molecule has 2 aliphatic carbocycles. The summed E-state index contributed by atoms with van der Waals surface area (Å²) in [6.45, 7) is 16.8. The molecule has 0 radical (unpaired) electrons. The highest BCUT2D eigenvalue weighted by Gasteiger charge is 2.49. The zero-order valence-corrected chi connectivity index (χ0v) is 35.1. The number of halogens is 1. The second-order valence-electron chi connectivity index (χ2n) is 17.2. The maximum Gasteiger partial charge on any atom is 0.264 e. The smallest absolute Gasteiger partial charge is 0.264 e. The first-order valence-electron chi connectivity index (χ1n) is 20.2. The van der Waals surface area contributed by atoms with Crippen molar-refractivity contribution in [1.29, 1.82) is 0 Å². The zero-order valence-electron chi connectivity index (χ0n) is 33.5. The van der Waals surface area contributed by atoms with Crippen LogP contribution in [0.25, 0.3) is 0 Å². The summed E-state index contributed by atoms with van der Waals surface area (Å²) in [5.74, 6) is -0.203. The van der Waals surface area contributed by atoms with Gasteiger partial charge in [-0.3, -0.25) is 14.5 Å². The lowest BCUT2D eigenvalue weighted by atomic mass is 9.64. The molecule has 0 unspecified atom stereocenters. The second-order valence-corrected chi connectivity index (χ2v) is 19.7.